The number of hydrogen-bond acceptors (Lipinski definition) is 4. The predicted molar refractivity (Wildman–Crippen MR) is 123 cm³/mol. The van der Waals surface area contributed by atoms with Crippen molar-refractivity contribution >= 4 is 28.5 Å². The number of carboxylic acids is 1. The first-order valence-corrected chi connectivity index (χ1v) is 10.0. The van der Waals surface area contributed by atoms with E-state index in [2.05, 4.69) is 10.5 Å². The molecule has 4 rings (SSSR count). The standard InChI is InChI=1S/C25H20FN3O4/c1-14-3-10-19(11-4-14)29-21-13-18(26)9-12-20(21)22(24(29)31)15(2)27-28-23(30)16-5-7-17(8-6-16)25(32)33/h3-13,31H,1-2H3,(H,28,30)(H,32,33)/b27-15+. The van der Waals surface area contributed by atoms with Crippen molar-refractivity contribution in [2.24, 2.45) is 5.10 Å². The number of aryl methyl sites for hydroxylation is 1. The molecule has 1 heterocycles. The maximum atomic E-state index is 14.0. The van der Waals surface area contributed by atoms with Gasteiger partial charge in [-0.2, -0.15) is 5.10 Å². The summed E-state index contributed by atoms with van der Waals surface area (Å²) in [7, 11) is 0. The van der Waals surface area contributed by atoms with Crippen molar-refractivity contribution in [3.63, 3.8) is 0 Å². The molecule has 0 unspecified atom stereocenters. The van der Waals surface area contributed by atoms with Crippen LogP contribution >= 0.6 is 0 Å². The Morgan fingerprint density at radius 1 is 0.970 bits per heavy atom. The number of aromatic carboxylic acids is 1. The van der Waals surface area contributed by atoms with Gasteiger partial charge in [0.05, 0.1) is 22.4 Å². The first-order chi connectivity index (χ1) is 15.8. The van der Waals surface area contributed by atoms with Crippen LogP contribution < -0.4 is 5.43 Å². The number of benzene rings is 3. The fraction of sp³-hybridized carbons (Fsp3) is 0.0800. The number of carbonyl (C=O) groups is 2. The number of nitrogens with zero attached hydrogens (tertiary/aromatic N) is 2. The van der Waals surface area contributed by atoms with Crippen LogP contribution in [0.25, 0.3) is 16.6 Å². The number of rotatable bonds is 5. The molecule has 166 valence electrons. The maximum absolute atomic E-state index is 14.0. The third kappa shape index (κ3) is 4.18. The van der Waals surface area contributed by atoms with Gasteiger partial charge in [0.25, 0.3) is 5.91 Å². The molecule has 0 aliphatic carbocycles. The lowest BCUT2D eigenvalue weighted by Gasteiger charge is -2.08. The summed E-state index contributed by atoms with van der Waals surface area (Å²) < 4.78 is 15.6. The Kier molecular flexibility index (Phi) is 5.66. The maximum Gasteiger partial charge on any atom is 0.335 e. The molecule has 33 heavy (non-hydrogen) atoms. The summed E-state index contributed by atoms with van der Waals surface area (Å²) in [6.45, 7) is 3.56. The van der Waals surface area contributed by atoms with E-state index >= 15 is 0 Å². The number of aromatic hydroxyl groups is 1. The van der Waals surface area contributed by atoms with Crippen LogP contribution in [-0.2, 0) is 0 Å². The molecule has 4 aromatic rings. The van der Waals surface area contributed by atoms with Crippen molar-refractivity contribution in [2.45, 2.75) is 13.8 Å². The van der Waals surface area contributed by atoms with E-state index < -0.39 is 17.7 Å². The lowest BCUT2D eigenvalue weighted by atomic mass is 10.1. The van der Waals surface area contributed by atoms with E-state index in [4.69, 9.17) is 5.11 Å². The van der Waals surface area contributed by atoms with E-state index in [9.17, 15) is 19.1 Å². The Balaban J connectivity index is 1.72. The highest BCUT2D eigenvalue weighted by Crippen LogP contribution is 2.35. The molecule has 0 aliphatic rings. The van der Waals surface area contributed by atoms with Crippen LogP contribution in [0.5, 0.6) is 5.88 Å². The second-order valence-electron chi connectivity index (χ2n) is 7.55. The average molecular weight is 445 g/mol. The third-order valence-corrected chi connectivity index (χ3v) is 5.28. The molecule has 0 saturated carbocycles. The van der Waals surface area contributed by atoms with Crippen molar-refractivity contribution in [1.82, 2.24) is 9.99 Å². The summed E-state index contributed by atoms with van der Waals surface area (Å²) in [4.78, 5) is 23.4. The monoisotopic (exact) mass is 445 g/mol. The van der Waals surface area contributed by atoms with Gasteiger partial charge in [0.1, 0.15) is 5.82 Å². The fourth-order valence-corrected chi connectivity index (χ4v) is 3.58. The molecule has 0 atom stereocenters. The number of carbonyl (C=O) groups excluding carboxylic acids is 1. The molecule has 0 bridgehead atoms. The van der Waals surface area contributed by atoms with E-state index in [1.807, 2.05) is 31.2 Å². The Bertz CT molecular complexity index is 1400. The van der Waals surface area contributed by atoms with Crippen molar-refractivity contribution in [1.29, 1.82) is 0 Å². The summed E-state index contributed by atoms with van der Waals surface area (Å²) in [5.41, 5.74) is 5.51. The van der Waals surface area contributed by atoms with Gasteiger partial charge in [-0.05, 0) is 68.4 Å². The molecule has 8 heteroatoms. The van der Waals surface area contributed by atoms with E-state index in [-0.39, 0.29) is 17.0 Å². The number of aromatic nitrogens is 1. The molecule has 3 aromatic carbocycles. The zero-order valence-electron chi connectivity index (χ0n) is 17.8. The molecule has 7 nitrogen and oxygen atoms in total. The molecule has 1 amide bonds. The highest BCUT2D eigenvalue weighted by molar-refractivity contribution is 6.13. The predicted octanol–water partition coefficient (Wildman–Crippen LogP) is 4.64. The Morgan fingerprint density at radius 3 is 2.24 bits per heavy atom. The van der Waals surface area contributed by atoms with Crippen LogP contribution in [-0.4, -0.2) is 32.4 Å². The number of fused-ring (bicyclic) bond motifs is 1. The highest BCUT2D eigenvalue weighted by atomic mass is 19.1. The molecule has 0 spiro atoms. The summed E-state index contributed by atoms with van der Waals surface area (Å²) >= 11 is 0. The Hall–Kier alpha value is -4.46. The van der Waals surface area contributed by atoms with E-state index in [0.717, 1.165) is 5.56 Å². The number of nitrogens with one attached hydrogen (secondary N) is 1. The van der Waals surface area contributed by atoms with Gasteiger partial charge in [-0.3, -0.25) is 9.36 Å². The number of hydrogen-bond donors (Lipinski definition) is 3. The van der Waals surface area contributed by atoms with Gasteiger partial charge in [0.15, 0.2) is 0 Å². The van der Waals surface area contributed by atoms with E-state index in [0.29, 0.717) is 27.9 Å². The topological polar surface area (TPSA) is 104 Å². The van der Waals surface area contributed by atoms with Crippen molar-refractivity contribution in [2.75, 3.05) is 0 Å². The van der Waals surface area contributed by atoms with Crippen LogP contribution in [0.15, 0.2) is 71.8 Å². The minimum Gasteiger partial charge on any atom is -0.494 e. The van der Waals surface area contributed by atoms with Gasteiger partial charge in [-0.1, -0.05) is 17.7 Å². The van der Waals surface area contributed by atoms with Gasteiger partial charge in [0.2, 0.25) is 5.88 Å². The first-order valence-electron chi connectivity index (χ1n) is 10.0. The normalized spacial score (nSPS) is 11.5. The molecule has 3 N–H and O–H groups in total. The van der Waals surface area contributed by atoms with Crippen LogP contribution in [0.4, 0.5) is 4.39 Å². The quantitative estimate of drug-likeness (QED) is 0.308. The minimum atomic E-state index is -1.09. The second kappa shape index (κ2) is 8.58. The third-order valence-electron chi connectivity index (χ3n) is 5.28. The van der Waals surface area contributed by atoms with Crippen LogP contribution in [0.3, 0.4) is 0 Å². The number of carboxylic acid groups (broad SMARTS) is 1. The van der Waals surface area contributed by atoms with Crippen LogP contribution in [0.1, 0.15) is 38.8 Å². The lowest BCUT2D eigenvalue weighted by molar-refractivity contribution is 0.0696. The van der Waals surface area contributed by atoms with E-state index in [1.165, 1.54) is 41.0 Å². The largest absolute Gasteiger partial charge is 0.494 e. The highest BCUT2D eigenvalue weighted by Gasteiger charge is 2.21. The van der Waals surface area contributed by atoms with Crippen molar-refractivity contribution in [3.05, 3.63) is 94.8 Å². The summed E-state index contributed by atoms with van der Waals surface area (Å²) in [6, 6.07) is 17.0. The molecule has 1 aromatic heterocycles. The minimum absolute atomic E-state index is 0.0623. The molecule has 0 fully saturated rings. The zero-order valence-corrected chi connectivity index (χ0v) is 17.8. The first kappa shape index (κ1) is 21.8. The molecule has 0 aliphatic heterocycles. The van der Waals surface area contributed by atoms with E-state index in [1.54, 1.807) is 13.0 Å². The van der Waals surface area contributed by atoms with Crippen LogP contribution in [0.2, 0.25) is 0 Å². The van der Waals surface area contributed by atoms with Crippen LogP contribution in [0, 0.1) is 12.7 Å². The second-order valence-corrected chi connectivity index (χ2v) is 7.55. The Labute approximate surface area is 188 Å². The summed E-state index contributed by atoms with van der Waals surface area (Å²) in [5, 5.41) is 24.7. The summed E-state index contributed by atoms with van der Waals surface area (Å²) in [6.07, 6.45) is 0. The summed E-state index contributed by atoms with van der Waals surface area (Å²) in [5.74, 6) is -2.22. The van der Waals surface area contributed by atoms with Crippen molar-refractivity contribution in [3.8, 4) is 11.6 Å². The van der Waals surface area contributed by atoms with Gasteiger partial charge in [-0.15, -0.1) is 0 Å². The SMILES string of the molecule is C/C(=N\NC(=O)c1ccc(C(=O)O)cc1)c1c(O)n(-c2ccc(C)cc2)c2cc(F)ccc12. The smallest absolute Gasteiger partial charge is 0.335 e. The average Bonchev–Trinajstić information content (AvgIpc) is 3.08. The van der Waals surface area contributed by atoms with Gasteiger partial charge >= 0.3 is 5.97 Å². The molecular weight excluding hydrogens is 425 g/mol. The lowest BCUT2D eigenvalue weighted by Crippen LogP contribution is -2.19. The zero-order chi connectivity index (χ0) is 23.7. The van der Waals surface area contributed by atoms with Gasteiger partial charge in [0, 0.05) is 16.6 Å². The number of amides is 1. The molecule has 0 radical (unpaired) electrons. The Morgan fingerprint density at radius 2 is 1.61 bits per heavy atom. The number of halogens is 1. The number of hydrazone groups is 1. The molecule has 0 saturated heterocycles. The fourth-order valence-electron chi connectivity index (χ4n) is 3.58. The molecular formula is C25H20FN3O4. The van der Waals surface area contributed by atoms with Gasteiger partial charge < -0.3 is 10.2 Å². The van der Waals surface area contributed by atoms with Gasteiger partial charge in [-0.25, -0.2) is 14.6 Å². The van der Waals surface area contributed by atoms with Crippen molar-refractivity contribution < 1.29 is 24.2 Å².